The molecule has 0 saturated carbocycles. The van der Waals surface area contributed by atoms with Gasteiger partial charge in [-0.2, -0.15) is 14.9 Å². The lowest BCUT2D eigenvalue weighted by Crippen LogP contribution is -2.24. The molecule has 8 nitrogen and oxygen atoms in total. The third-order valence-corrected chi connectivity index (χ3v) is 5.52. The highest BCUT2D eigenvalue weighted by molar-refractivity contribution is 5.88. The Morgan fingerprint density at radius 2 is 1.62 bits per heavy atom. The molecule has 0 aliphatic rings. The SMILES string of the molecule is Cc1nn(C(C)c2cc(=O)n(-c3ccccc3)nc2-c2ccccc2)c2ncnc(N)c12. The van der Waals surface area contributed by atoms with Gasteiger partial charge in [0.2, 0.25) is 0 Å². The van der Waals surface area contributed by atoms with Crippen LogP contribution < -0.4 is 11.3 Å². The minimum atomic E-state index is -0.318. The Hall–Kier alpha value is -4.33. The lowest BCUT2D eigenvalue weighted by Gasteiger charge is -2.18. The summed E-state index contributed by atoms with van der Waals surface area (Å²) in [5.74, 6) is 0.381. The fourth-order valence-electron chi connectivity index (χ4n) is 3.93. The van der Waals surface area contributed by atoms with E-state index < -0.39 is 0 Å². The molecule has 0 radical (unpaired) electrons. The minimum Gasteiger partial charge on any atom is -0.383 e. The summed E-state index contributed by atoms with van der Waals surface area (Å²) in [5, 5.41) is 10.2. The van der Waals surface area contributed by atoms with E-state index >= 15 is 0 Å². The number of hydrogen-bond donors (Lipinski definition) is 1. The molecule has 0 aliphatic heterocycles. The highest BCUT2D eigenvalue weighted by Gasteiger charge is 2.23. The van der Waals surface area contributed by atoms with Crippen molar-refractivity contribution in [2.75, 3.05) is 5.73 Å². The van der Waals surface area contributed by atoms with Crippen LogP contribution in [0.1, 0.15) is 24.2 Å². The molecule has 0 aliphatic carbocycles. The lowest BCUT2D eigenvalue weighted by atomic mass is 10.0. The van der Waals surface area contributed by atoms with Crippen molar-refractivity contribution in [2.24, 2.45) is 0 Å². The van der Waals surface area contributed by atoms with Crippen molar-refractivity contribution in [1.29, 1.82) is 0 Å². The Balaban J connectivity index is 1.75. The van der Waals surface area contributed by atoms with Gasteiger partial charge in [0.15, 0.2) is 5.65 Å². The minimum absolute atomic E-state index is 0.222. The number of aryl methyl sites for hydroxylation is 1. The van der Waals surface area contributed by atoms with Gasteiger partial charge in [0.05, 0.1) is 28.5 Å². The second-order valence-electron chi connectivity index (χ2n) is 7.56. The van der Waals surface area contributed by atoms with E-state index in [1.807, 2.05) is 74.5 Å². The van der Waals surface area contributed by atoms with Gasteiger partial charge in [-0.05, 0) is 26.0 Å². The number of nitrogens with two attached hydrogens (primary N) is 1. The Kier molecular flexibility index (Phi) is 4.74. The van der Waals surface area contributed by atoms with Gasteiger partial charge in [0.1, 0.15) is 12.1 Å². The first-order valence-corrected chi connectivity index (χ1v) is 10.2. The third-order valence-electron chi connectivity index (χ3n) is 5.52. The number of anilines is 1. The molecule has 0 amide bonds. The molecule has 1 atom stereocenters. The number of para-hydroxylation sites is 1. The fourth-order valence-corrected chi connectivity index (χ4v) is 3.93. The summed E-state index contributed by atoms with van der Waals surface area (Å²) in [6, 6.07) is 20.5. The molecule has 5 aromatic rings. The van der Waals surface area contributed by atoms with Gasteiger partial charge in [-0.25, -0.2) is 14.6 Å². The molecule has 2 N–H and O–H groups in total. The van der Waals surface area contributed by atoms with Gasteiger partial charge < -0.3 is 5.73 Å². The Labute approximate surface area is 184 Å². The highest BCUT2D eigenvalue weighted by atomic mass is 16.1. The highest BCUT2D eigenvalue weighted by Crippen LogP contribution is 2.31. The molecule has 32 heavy (non-hydrogen) atoms. The van der Waals surface area contributed by atoms with Gasteiger partial charge >= 0.3 is 0 Å². The maximum atomic E-state index is 13.1. The predicted molar refractivity (Wildman–Crippen MR) is 124 cm³/mol. The van der Waals surface area contributed by atoms with Crippen LogP contribution in [0.4, 0.5) is 5.82 Å². The van der Waals surface area contributed by atoms with E-state index in [0.717, 1.165) is 16.8 Å². The topological polar surface area (TPSA) is 105 Å². The summed E-state index contributed by atoms with van der Waals surface area (Å²) in [6.45, 7) is 3.84. The number of aromatic nitrogens is 6. The Morgan fingerprint density at radius 3 is 2.34 bits per heavy atom. The van der Waals surface area contributed by atoms with E-state index in [1.54, 1.807) is 10.7 Å². The first kappa shape index (κ1) is 19.6. The second kappa shape index (κ2) is 7.73. The molecule has 0 bridgehead atoms. The summed E-state index contributed by atoms with van der Waals surface area (Å²) in [7, 11) is 0. The largest absolute Gasteiger partial charge is 0.383 e. The second-order valence-corrected chi connectivity index (χ2v) is 7.56. The van der Waals surface area contributed by atoms with Gasteiger partial charge in [-0.1, -0.05) is 48.5 Å². The monoisotopic (exact) mass is 423 g/mol. The van der Waals surface area contributed by atoms with Crippen LogP contribution in [0, 0.1) is 6.92 Å². The van der Waals surface area contributed by atoms with E-state index in [1.165, 1.54) is 11.0 Å². The molecule has 0 saturated heterocycles. The van der Waals surface area contributed by atoms with E-state index in [0.29, 0.717) is 28.2 Å². The van der Waals surface area contributed by atoms with Crippen molar-refractivity contribution < 1.29 is 0 Å². The molecule has 3 heterocycles. The quantitative estimate of drug-likeness (QED) is 0.474. The summed E-state index contributed by atoms with van der Waals surface area (Å²) < 4.78 is 3.20. The smallest absolute Gasteiger partial charge is 0.271 e. The van der Waals surface area contributed by atoms with Crippen molar-refractivity contribution in [3.05, 3.63) is 94.7 Å². The number of benzene rings is 2. The molecule has 2 aromatic carbocycles. The van der Waals surface area contributed by atoms with Crippen molar-refractivity contribution >= 4 is 16.9 Å². The van der Waals surface area contributed by atoms with E-state index in [2.05, 4.69) is 15.1 Å². The standard InChI is InChI=1S/C24H21N7O/c1-15-21-23(25)26-14-27-24(21)30(28-15)16(2)19-13-20(32)31(18-11-7-4-8-12-18)29-22(19)17-9-5-3-6-10-17/h3-14,16H,1-2H3,(H2,25,26,27). The molecule has 0 fully saturated rings. The normalized spacial score (nSPS) is 12.2. The summed E-state index contributed by atoms with van der Waals surface area (Å²) >= 11 is 0. The third kappa shape index (κ3) is 3.22. The molecule has 1 unspecified atom stereocenters. The van der Waals surface area contributed by atoms with Crippen LogP contribution in [0.2, 0.25) is 0 Å². The van der Waals surface area contributed by atoms with Crippen LogP contribution in [-0.4, -0.2) is 29.5 Å². The lowest BCUT2D eigenvalue weighted by molar-refractivity contribution is 0.569. The van der Waals surface area contributed by atoms with Gasteiger partial charge in [-0.3, -0.25) is 4.79 Å². The molecular weight excluding hydrogens is 402 g/mol. The summed E-state index contributed by atoms with van der Waals surface area (Å²) in [4.78, 5) is 21.6. The van der Waals surface area contributed by atoms with Crippen LogP contribution in [0.15, 0.2) is 77.9 Å². The van der Waals surface area contributed by atoms with Crippen LogP contribution in [-0.2, 0) is 0 Å². The number of hydrogen-bond acceptors (Lipinski definition) is 6. The maximum absolute atomic E-state index is 13.1. The number of nitrogen functional groups attached to an aromatic ring is 1. The summed E-state index contributed by atoms with van der Waals surface area (Å²) in [6.07, 6.45) is 1.42. The van der Waals surface area contributed by atoms with Crippen molar-refractivity contribution in [1.82, 2.24) is 29.5 Å². The van der Waals surface area contributed by atoms with Crippen LogP contribution in [0.25, 0.3) is 28.0 Å². The predicted octanol–water partition coefficient (Wildman–Crippen LogP) is 3.54. The zero-order chi connectivity index (χ0) is 22.2. The van der Waals surface area contributed by atoms with Crippen molar-refractivity contribution in [2.45, 2.75) is 19.9 Å². The molecule has 5 rings (SSSR count). The van der Waals surface area contributed by atoms with E-state index in [9.17, 15) is 4.79 Å². The average Bonchev–Trinajstić information content (AvgIpc) is 3.17. The van der Waals surface area contributed by atoms with Crippen LogP contribution in [0.3, 0.4) is 0 Å². The van der Waals surface area contributed by atoms with Crippen LogP contribution >= 0.6 is 0 Å². The zero-order valence-corrected chi connectivity index (χ0v) is 17.7. The molecule has 8 heteroatoms. The number of rotatable bonds is 4. The fraction of sp³-hybridized carbons (Fsp3) is 0.125. The molecule has 0 spiro atoms. The van der Waals surface area contributed by atoms with E-state index in [4.69, 9.17) is 10.8 Å². The van der Waals surface area contributed by atoms with Gasteiger partial charge in [0.25, 0.3) is 5.56 Å². The van der Waals surface area contributed by atoms with Gasteiger partial charge in [-0.15, -0.1) is 0 Å². The Morgan fingerprint density at radius 1 is 0.938 bits per heavy atom. The van der Waals surface area contributed by atoms with Gasteiger partial charge in [0, 0.05) is 17.2 Å². The van der Waals surface area contributed by atoms with E-state index in [-0.39, 0.29) is 11.6 Å². The average molecular weight is 423 g/mol. The molecular formula is C24H21N7O. The zero-order valence-electron chi connectivity index (χ0n) is 17.7. The number of nitrogens with zero attached hydrogens (tertiary/aromatic N) is 6. The maximum Gasteiger partial charge on any atom is 0.271 e. The first-order chi connectivity index (χ1) is 15.5. The van der Waals surface area contributed by atoms with Crippen molar-refractivity contribution in [3.63, 3.8) is 0 Å². The first-order valence-electron chi connectivity index (χ1n) is 10.2. The number of fused-ring (bicyclic) bond motifs is 1. The van der Waals surface area contributed by atoms with Crippen LogP contribution in [0.5, 0.6) is 0 Å². The molecule has 158 valence electrons. The summed E-state index contributed by atoms with van der Waals surface area (Å²) in [5.41, 5.74) is 10.3. The Bertz CT molecular complexity index is 1470. The van der Waals surface area contributed by atoms with Crippen molar-refractivity contribution in [3.8, 4) is 16.9 Å². The molecule has 3 aromatic heterocycles.